The minimum absolute atomic E-state index is 0.0383. The van der Waals surface area contributed by atoms with Gasteiger partial charge < -0.3 is 0 Å². The molecule has 1 aromatic carbocycles. The van der Waals surface area contributed by atoms with Crippen molar-refractivity contribution < 1.29 is 18.1 Å². The van der Waals surface area contributed by atoms with E-state index < -0.39 is 14.9 Å². The predicted octanol–water partition coefficient (Wildman–Crippen LogP) is 1.50. The first kappa shape index (κ1) is 15.6. The van der Waals surface area contributed by atoms with E-state index in [0.717, 1.165) is 6.07 Å². The van der Waals surface area contributed by atoms with Gasteiger partial charge in [0.1, 0.15) is 5.78 Å². The van der Waals surface area contributed by atoms with Crippen LogP contribution in [0.1, 0.15) is 18.9 Å². The van der Waals surface area contributed by atoms with Crippen molar-refractivity contribution >= 4 is 21.5 Å². The maximum Gasteiger partial charge on any atom is 0.273 e. The van der Waals surface area contributed by atoms with Gasteiger partial charge >= 0.3 is 0 Å². The Labute approximate surface area is 122 Å². The Hall–Kier alpha value is -1.80. The topological polar surface area (TPSA) is 97.6 Å². The molecule has 21 heavy (non-hydrogen) atoms. The number of sulfonamides is 1. The summed E-state index contributed by atoms with van der Waals surface area (Å²) in [4.78, 5) is 21.7. The van der Waals surface area contributed by atoms with Crippen LogP contribution in [0, 0.1) is 23.0 Å². The number of nitro groups is 1. The van der Waals surface area contributed by atoms with Gasteiger partial charge in [-0.3, -0.25) is 14.9 Å². The Bertz CT molecular complexity index is 699. The molecule has 0 bridgehead atoms. The van der Waals surface area contributed by atoms with E-state index in [1.807, 2.05) is 0 Å². The first-order valence-electron chi connectivity index (χ1n) is 6.51. The molecule has 1 fully saturated rings. The van der Waals surface area contributed by atoms with Crippen LogP contribution < -0.4 is 0 Å². The average molecular weight is 312 g/mol. The second-order valence-electron chi connectivity index (χ2n) is 5.19. The normalized spacial score (nSPS) is 20.5. The summed E-state index contributed by atoms with van der Waals surface area (Å²) in [7, 11) is -3.81. The maximum atomic E-state index is 12.5. The third-order valence-corrected chi connectivity index (χ3v) is 5.51. The quantitative estimate of drug-likeness (QED) is 0.622. The molecule has 0 aliphatic carbocycles. The molecule has 1 unspecified atom stereocenters. The van der Waals surface area contributed by atoms with E-state index in [1.165, 1.54) is 16.4 Å². The Morgan fingerprint density at radius 2 is 2.05 bits per heavy atom. The fraction of sp³-hybridized carbons (Fsp3) is 0.462. The van der Waals surface area contributed by atoms with Crippen molar-refractivity contribution in [1.82, 2.24) is 4.31 Å². The lowest BCUT2D eigenvalue weighted by molar-refractivity contribution is -0.385. The molecule has 1 aromatic rings. The van der Waals surface area contributed by atoms with E-state index in [9.17, 15) is 23.3 Å². The number of hydrogen-bond acceptors (Lipinski definition) is 5. The molecule has 0 saturated carbocycles. The van der Waals surface area contributed by atoms with Crippen LogP contribution in [0.25, 0.3) is 0 Å². The van der Waals surface area contributed by atoms with Crippen LogP contribution in [0.3, 0.4) is 0 Å². The standard InChI is InChI=1S/C13H16N2O5S/c1-9-3-4-11(7-12(9)15(17)18)21(19,20)14-6-5-13(16)10(2)8-14/h3-4,7,10H,5-6,8H2,1-2H3. The molecule has 114 valence electrons. The van der Waals surface area contributed by atoms with Crippen molar-refractivity contribution in [2.45, 2.75) is 25.2 Å². The maximum absolute atomic E-state index is 12.5. The molecule has 7 nitrogen and oxygen atoms in total. The summed E-state index contributed by atoms with van der Waals surface area (Å²) >= 11 is 0. The van der Waals surface area contributed by atoms with Crippen molar-refractivity contribution in [1.29, 1.82) is 0 Å². The van der Waals surface area contributed by atoms with Crippen molar-refractivity contribution in [3.8, 4) is 0 Å². The molecule has 0 spiro atoms. The molecule has 1 saturated heterocycles. The van der Waals surface area contributed by atoms with Gasteiger partial charge in [0.15, 0.2) is 0 Å². The van der Waals surface area contributed by atoms with Crippen LogP contribution in [0.5, 0.6) is 0 Å². The van der Waals surface area contributed by atoms with Crippen LogP contribution in [0.15, 0.2) is 23.1 Å². The first-order valence-corrected chi connectivity index (χ1v) is 7.95. The van der Waals surface area contributed by atoms with Gasteiger partial charge in [-0.25, -0.2) is 8.42 Å². The minimum Gasteiger partial charge on any atom is -0.299 e. The molecule has 1 atom stereocenters. The predicted molar refractivity (Wildman–Crippen MR) is 75.4 cm³/mol. The van der Waals surface area contributed by atoms with E-state index in [4.69, 9.17) is 0 Å². The SMILES string of the molecule is Cc1ccc(S(=O)(=O)N2CCC(=O)C(C)C2)cc1[N+](=O)[O-]. The third-order valence-electron chi connectivity index (χ3n) is 3.65. The Morgan fingerprint density at radius 3 is 2.62 bits per heavy atom. The largest absolute Gasteiger partial charge is 0.299 e. The molecule has 1 heterocycles. The Kier molecular flexibility index (Phi) is 4.11. The number of ketones is 1. The number of carbonyl (C=O) groups is 1. The van der Waals surface area contributed by atoms with Gasteiger partial charge in [-0.15, -0.1) is 0 Å². The average Bonchev–Trinajstić information content (AvgIpc) is 2.41. The molecule has 0 amide bonds. The summed E-state index contributed by atoms with van der Waals surface area (Å²) in [6.07, 6.45) is 0.175. The fourth-order valence-electron chi connectivity index (χ4n) is 2.29. The third kappa shape index (κ3) is 2.96. The lowest BCUT2D eigenvalue weighted by Crippen LogP contribution is -2.43. The molecule has 2 rings (SSSR count). The monoisotopic (exact) mass is 312 g/mol. The van der Waals surface area contributed by atoms with E-state index in [1.54, 1.807) is 13.8 Å². The van der Waals surface area contributed by atoms with Crippen LogP contribution >= 0.6 is 0 Å². The summed E-state index contributed by atoms with van der Waals surface area (Å²) in [6.45, 7) is 3.47. The second-order valence-corrected chi connectivity index (χ2v) is 7.12. The molecule has 0 radical (unpaired) electrons. The van der Waals surface area contributed by atoms with Gasteiger partial charge in [0.25, 0.3) is 5.69 Å². The highest BCUT2D eigenvalue weighted by atomic mass is 32.2. The van der Waals surface area contributed by atoms with Crippen LogP contribution in [-0.4, -0.2) is 36.5 Å². The number of carbonyl (C=O) groups excluding carboxylic acids is 1. The minimum atomic E-state index is -3.81. The van der Waals surface area contributed by atoms with E-state index in [0.29, 0.717) is 5.56 Å². The van der Waals surface area contributed by atoms with E-state index >= 15 is 0 Å². The molecule has 1 aliphatic rings. The molecular formula is C13H16N2O5S. The number of rotatable bonds is 3. The first-order chi connectivity index (χ1) is 9.73. The second kappa shape index (κ2) is 5.53. The van der Waals surface area contributed by atoms with Crippen molar-refractivity contribution in [3.63, 3.8) is 0 Å². The van der Waals surface area contributed by atoms with Gasteiger partial charge in [0.05, 0.1) is 9.82 Å². The zero-order chi connectivity index (χ0) is 15.8. The van der Waals surface area contributed by atoms with Gasteiger partial charge in [-0.2, -0.15) is 4.31 Å². The van der Waals surface area contributed by atoms with Gasteiger partial charge in [0, 0.05) is 37.1 Å². The van der Waals surface area contributed by atoms with Crippen molar-refractivity contribution in [2.75, 3.05) is 13.1 Å². The summed E-state index contributed by atoms with van der Waals surface area (Å²) in [5.41, 5.74) is 0.179. The number of hydrogen-bond donors (Lipinski definition) is 0. The molecule has 0 aromatic heterocycles. The number of Topliss-reactive ketones (excluding diaryl/α,β-unsaturated/α-hetero) is 1. The Morgan fingerprint density at radius 1 is 1.38 bits per heavy atom. The smallest absolute Gasteiger partial charge is 0.273 e. The van der Waals surface area contributed by atoms with Gasteiger partial charge in [-0.1, -0.05) is 13.0 Å². The van der Waals surface area contributed by atoms with Crippen molar-refractivity contribution in [2.24, 2.45) is 5.92 Å². The molecule has 8 heteroatoms. The van der Waals surface area contributed by atoms with Crippen LogP contribution in [0.4, 0.5) is 5.69 Å². The summed E-state index contributed by atoms with van der Waals surface area (Å²) < 4.78 is 26.3. The van der Waals surface area contributed by atoms with Gasteiger partial charge in [0.2, 0.25) is 10.0 Å². The lowest BCUT2D eigenvalue weighted by Gasteiger charge is -2.29. The Balaban J connectivity index is 2.38. The van der Waals surface area contributed by atoms with E-state index in [2.05, 4.69) is 0 Å². The van der Waals surface area contributed by atoms with Crippen LogP contribution in [-0.2, 0) is 14.8 Å². The highest BCUT2D eigenvalue weighted by molar-refractivity contribution is 7.89. The summed E-state index contributed by atoms with van der Waals surface area (Å²) in [5, 5.41) is 10.9. The zero-order valence-electron chi connectivity index (χ0n) is 11.8. The summed E-state index contributed by atoms with van der Waals surface area (Å²) in [6, 6.07) is 3.86. The van der Waals surface area contributed by atoms with E-state index in [-0.39, 0.29) is 41.8 Å². The van der Waals surface area contributed by atoms with Crippen molar-refractivity contribution in [3.05, 3.63) is 33.9 Å². The number of nitro benzene ring substituents is 1. The highest BCUT2D eigenvalue weighted by Gasteiger charge is 2.33. The number of piperidine rings is 1. The lowest BCUT2D eigenvalue weighted by atomic mass is 10.0. The number of aryl methyl sites for hydroxylation is 1. The van der Waals surface area contributed by atoms with Crippen LogP contribution in [0.2, 0.25) is 0 Å². The fourth-order valence-corrected chi connectivity index (χ4v) is 3.84. The molecule has 0 N–H and O–H groups in total. The highest BCUT2D eigenvalue weighted by Crippen LogP contribution is 2.26. The van der Waals surface area contributed by atoms with Gasteiger partial charge in [-0.05, 0) is 13.0 Å². The molecular weight excluding hydrogens is 296 g/mol. The molecule has 1 aliphatic heterocycles. The number of benzene rings is 1. The zero-order valence-corrected chi connectivity index (χ0v) is 12.6. The number of nitrogens with zero attached hydrogens (tertiary/aromatic N) is 2. The summed E-state index contributed by atoms with van der Waals surface area (Å²) in [5.74, 6) is -0.315.